The lowest BCUT2D eigenvalue weighted by Crippen LogP contribution is -2.35. The van der Waals surface area contributed by atoms with Crippen molar-refractivity contribution in [1.82, 2.24) is 4.90 Å². The van der Waals surface area contributed by atoms with Crippen molar-refractivity contribution in [1.29, 1.82) is 0 Å². The van der Waals surface area contributed by atoms with E-state index in [2.05, 4.69) is 17.0 Å². The molecule has 2 aromatic rings. The average Bonchev–Trinajstić information content (AvgIpc) is 2.67. The fourth-order valence-corrected chi connectivity index (χ4v) is 3.70. The van der Waals surface area contributed by atoms with E-state index in [1.54, 1.807) is 0 Å². The van der Waals surface area contributed by atoms with Crippen LogP contribution in [0.15, 0.2) is 60.3 Å². The molecule has 1 unspecified atom stereocenters. The van der Waals surface area contributed by atoms with Crippen LogP contribution in [0, 0.1) is 0 Å². The van der Waals surface area contributed by atoms with Crippen molar-refractivity contribution in [3.63, 3.8) is 0 Å². The van der Waals surface area contributed by atoms with Crippen LogP contribution in [0.4, 0.5) is 0 Å². The molecule has 122 valence electrons. The van der Waals surface area contributed by atoms with Crippen molar-refractivity contribution in [2.24, 2.45) is 0 Å². The van der Waals surface area contributed by atoms with Gasteiger partial charge in [0.1, 0.15) is 5.75 Å². The lowest BCUT2D eigenvalue weighted by Gasteiger charge is -2.39. The van der Waals surface area contributed by atoms with Crippen LogP contribution in [-0.4, -0.2) is 24.3 Å². The summed E-state index contributed by atoms with van der Waals surface area (Å²) in [5.41, 5.74) is 3.79. The summed E-state index contributed by atoms with van der Waals surface area (Å²) in [5, 5.41) is 0. The Morgan fingerprint density at radius 1 is 0.917 bits per heavy atom. The van der Waals surface area contributed by atoms with Crippen molar-refractivity contribution in [2.45, 2.75) is 25.4 Å². The zero-order valence-electron chi connectivity index (χ0n) is 13.7. The zero-order valence-corrected chi connectivity index (χ0v) is 13.7. The summed E-state index contributed by atoms with van der Waals surface area (Å²) in [6, 6.07) is 18.0. The average molecular weight is 319 g/mol. The van der Waals surface area contributed by atoms with Crippen molar-refractivity contribution in [3.05, 3.63) is 71.4 Å². The highest BCUT2D eigenvalue weighted by molar-refractivity contribution is 6.10. The predicted octanol–water partition coefficient (Wildman–Crippen LogP) is 4.22. The molecule has 0 spiro atoms. The summed E-state index contributed by atoms with van der Waals surface area (Å²) in [7, 11) is 0. The fraction of sp³-hybridized carbons (Fsp3) is 0.286. The Kier molecular flexibility index (Phi) is 4.08. The molecule has 3 nitrogen and oxygen atoms in total. The maximum atomic E-state index is 12.0. The lowest BCUT2D eigenvalue weighted by molar-refractivity contribution is -0.103. The molecule has 1 fully saturated rings. The number of ether oxygens (including phenoxy) is 1. The molecule has 4 rings (SSSR count). The quantitative estimate of drug-likeness (QED) is 0.794. The van der Waals surface area contributed by atoms with Crippen LogP contribution < -0.4 is 4.74 Å². The van der Waals surface area contributed by atoms with Crippen molar-refractivity contribution in [3.8, 4) is 5.75 Å². The van der Waals surface area contributed by atoms with Gasteiger partial charge in [-0.15, -0.1) is 0 Å². The standard InChI is InChI=1S/C21H21NO2/c23-15-18-17-11-5-6-12-19(17)24-21(16-9-3-1-4-10-16)20(18)22-13-7-2-8-14-22/h1,3-6,9-12,15,21H,2,7-8,13-14H2. The molecule has 0 aromatic heterocycles. The predicted molar refractivity (Wildman–Crippen MR) is 94.7 cm³/mol. The van der Waals surface area contributed by atoms with Crippen LogP contribution >= 0.6 is 0 Å². The van der Waals surface area contributed by atoms with Crippen LogP contribution in [0.5, 0.6) is 5.75 Å². The summed E-state index contributed by atoms with van der Waals surface area (Å²) in [4.78, 5) is 14.4. The van der Waals surface area contributed by atoms with E-state index in [4.69, 9.17) is 4.74 Å². The number of fused-ring (bicyclic) bond motifs is 1. The van der Waals surface area contributed by atoms with E-state index < -0.39 is 0 Å². The van der Waals surface area contributed by atoms with Gasteiger partial charge in [-0.25, -0.2) is 0 Å². The number of rotatable bonds is 3. The maximum Gasteiger partial charge on any atom is 0.164 e. The van der Waals surface area contributed by atoms with Crippen molar-refractivity contribution in [2.75, 3.05) is 13.1 Å². The molecule has 3 heteroatoms. The summed E-state index contributed by atoms with van der Waals surface area (Å²) in [5.74, 6) is 0.786. The number of carbonyl (C=O) groups is 1. The van der Waals surface area contributed by atoms with Crippen LogP contribution in [0.2, 0.25) is 0 Å². The van der Waals surface area contributed by atoms with E-state index in [-0.39, 0.29) is 6.10 Å². The Morgan fingerprint density at radius 2 is 1.62 bits per heavy atom. The van der Waals surface area contributed by atoms with E-state index in [0.29, 0.717) is 0 Å². The van der Waals surface area contributed by atoms with Crippen LogP contribution in [-0.2, 0) is 4.79 Å². The van der Waals surface area contributed by atoms with Gasteiger partial charge in [-0.2, -0.15) is 0 Å². The molecule has 0 saturated carbocycles. The monoisotopic (exact) mass is 319 g/mol. The second-order valence-electron chi connectivity index (χ2n) is 6.37. The number of hydrogen-bond acceptors (Lipinski definition) is 3. The number of piperidine rings is 1. The third-order valence-electron chi connectivity index (χ3n) is 4.86. The molecule has 1 saturated heterocycles. The van der Waals surface area contributed by atoms with E-state index in [1.807, 2.05) is 42.5 Å². The molecule has 2 aliphatic heterocycles. The van der Waals surface area contributed by atoms with Crippen molar-refractivity contribution < 1.29 is 9.53 Å². The molecular weight excluding hydrogens is 298 g/mol. The summed E-state index contributed by atoms with van der Waals surface area (Å²) < 4.78 is 6.36. The molecule has 0 aliphatic carbocycles. The van der Waals surface area contributed by atoms with Gasteiger partial charge in [0.15, 0.2) is 12.4 Å². The molecule has 0 radical (unpaired) electrons. The van der Waals surface area contributed by atoms with Crippen LogP contribution in [0.1, 0.15) is 36.5 Å². The van der Waals surface area contributed by atoms with Gasteiger partial charge in [-0.3, -0.25) is 4.79 Å². The molecule has 0 N–H and O–H groups in total. The third-order valence-corrected chi connectivity index (χ3v) is 4.86. The summed E-state index contributed by atoms with van der Waals surface area (Å²) >= 11 is 0. The molecule has 2 aliphatic rings. The number of aldehydes is 1. The Labute approximate surface area is 142 Å². The van der Waals surface area contributed by atoms with Gasteiger partial charge in [0.2, 0.25) is 0 Å². The molecule has 1 atom stereocenters. The van der Waals surface area contributed by atoms with Gasteiger partial charge < -0.3 is 9.64 Å². The normalized spacial score (nSPS) is 20.3. The first kappa shape index (κ1) is 15.0. The molecule has 2 aromatic carbocycles. The highest BCUT2D eigenvalue weighted by Crippen LogP contribution is 2.43. The van der Waals surface area contributed by atoms with Gasteiger partial charge in [0.25, 0.3) is 0 Å². The highest BCUT2D eigenvalue weighted by atomic mass is 16.5. The first-order valence-electron chi connectivity index (χ1n) is 8.64. The summed E-state index contributed by atoms with van der Waals surface area (Å²) in [6.07, 6.45) is 4.37. The smallest absolute Gasteiger partial charge is 0.164 e. The van der Waals surface area contributed by atoms with Crippen molar-refractivity contribution >= 4 is 11.9 Å². The zero-order chi connectivity index (χ0) is 16.4. The Balaban J connectivity index is 1.88. The number of likely N-dealkylation sites (tertiary alicyclic amines) is 1. The topological polar surface area (TPSA) is 29.5 Å². The SMILES string of the molecule is O=CC1=C(N2CCCCC2)C(c2ccccc2)Oc2ccccc21. The molecular formula is C21H21NO2. The molecule has 0 bridgehead atoms. The number of carbonyl (C=O) groups excluding carboxylic acids is 1. The number of para-hydroxylation sites is 1. The number of allylic oxidation sites excluding steroid dienone is 1. The molecule has 24 heavy (non-hydrogen) atoms. The van der Waals surface area contributed by atoms with Gasteiger partial charge >= 0.3 is 0 Å². The van der Waals surface area contributed by atoms with E-state index in [0.717, 1.165) is 47.5 Å². The third kappa shape index (κ3) is 2.60. The fourth-order valence-electron chi connectivity index (χ4n) is 3.70. The maximum absolute atomic E-state index is 12.0. The van der Waals surface area contributed by atoms with E-state index in [1.165, 1.54) is 19.3 Å². The van der Waals surface area contributed by atoms with Gasteiger partial charge in [0, 0.05) is 24.2 Å². The van der Waals surface area contributed by atoms with Gasteiger partial charge in [0.05, 0.1) is 5.70 Å². The number of nitrogens with zero attached hydrogens (tertiary/aromatic N) is 1. The lowest BCUT2D eigenvalue weighted by atomic mass is 9.92. The minimum atomic E-state index is -0.223. The molecule has 2 heterocycles. The van der Waals surface area contributed by atoms with Crippen LogP contribution in [0.3, 0.4) is 0 Å². The van der Waals surface area contributed by atoms with E-state index in [9.17, 15) is 4.79 Å². The number of hydrogen-bond donors (Lipinski definition) is 0. The van der Waals surface area contributed by atoms with Crippen LogP contribution in [0.25, 0.3) is 5.57 Å². The summed E-state index contributed by atoms with van der Waals surface area (Å²) in [6.45, 7) is 1.98. The van der Waals surface area contributed by atoms with Gasteiger partial charge in [-0.1, -0.05) is 48.5 Å². The first-order chi connectivity index (χ1) is 11.9. The van der Waals surface area contributed by atoms with Gasteiger partial charge in [-0.05, 0) is 30.9 Å². The number of benzene rings is 2. The van der Waals surface area contributed by atoms with E-state index >= 15 is 0 Å². The molecule has 0 amide bonds. The second-order valence-corrected chi connectivity index (χ2v) is 6.37. The first-order valence-corrected chi connectivity index (χ1v) is 8.64. The second kappa shape index (κ2) is 6.52. The Morgan fingerprint density at radius 3 is 2.38 bits per heavy atom. The minimum absolute atomic E-state index is 0.223. The Bertz CT molecular complexity index is 760. The highest BCUT2D eigenvalue weighted by Gasteiger charge is 2.33. The minimum Gasteiger partial charge on any atom is -0.479 e. The largest absolute Gasteiger partial charge is 0.479 e. The Hall–Kier alpha value is -2.55.